The minimum atomic E-state index is 0.717. The fourth-order valence-corrected chi connectivity index (χ4v) is 3.48. The van der Waals surface area contributed by atoms with E-state index in [1.165, 1.54) is 16.3 Å². The van der Waals surface area contributed by atoms with E-state index in [-0.39, 0.29) is 0 Å². The molecule has 0 spiro atoms. The highest BCUT2D eigenvalue weighted by Gasteiger charge is 2.09. The number of methoxy groups -OCH3 is 1. The Kier molecular flexibility index (Phi) is 5.73. The molecule has 0 unspecified atom stereocenters. The first kappa shape index (κ1) is 18.2. The normalized spacial score (nSPS) is 11.6. The Morgan fingerprint density at radius 2 is 2.00 bits per heavy atom. The molecule has 1 N–H and O–H groups in total. The van der Waals surface area contributed by atoms with Gasteiger partial charge in [0.2, 0.25) is 0 Å². The Bertz CT molecular complexity index is 919. The second kappa shape index (κ2) is 8.19. The van der Waals surface area contributed by atoms with Crippen molar-refractivity contribution >= 4 is 28.1 Å². The zero-order chi connectivity index (χ0) is 18.5. The van der Waals surface area contributed by atoms with Crippen molar-refractivity contribution in [1.82, 2.24) is 15.2 Å². The molecule has 2 aromatic carbocycles. The molecule has 0 atom stereocenters. The van der Waals surface area contributed by atoms with Gasteiger partial charge in [0.15, 0.2) is 5.96 Å². The fourth-order valence-electron chi connectivity index (χ4n) is 2.87. The summed E-state index contributed by atoms with van der Waals surface area (Å²) in [4.78, 5) is 11.0. The summed E-state index contributed by atoms with van der Waals surface area (Å²) >= 11 is 1.67. The molecule has 0 radical (unpaired) electrons. The van der Waals surface area contributed by atoms with Crippen LogP contribution in [-0.4, -0.2) is 37.0 Å². The third-order valence-electron chi connectivity index (χ3n) is 4.20. The molecular formula is C20H24N4OS. The number of nitrogens with zero attached hydrogens (tertiary/aromatic N) is 3. The lowest BCUT2D eigenvalue weighted by molar-refractivity contribution is 0.415. The molecule has 26 heavy (non-hydrogen) atoms. The predicted octanol–water partition coefficient (Wildman–Crippen LogP) is 3.82. The number of hydrogen-bond acceptors (Lipinski definition) is 4. The van der Waals surface area contributed by atoms with Gasteiger partial charge in [0.1, 0.15) is 5.75 Å². The molecule has 1 aromatic heterocycles. The number of thiazole rings is 1. The number of nitrogens with one attached hydrogen (secondary N) is 1. The highest BCUT2D eigenvalue weighted by Crippen LogP contribution is 2.21. The smallest absolute Gasteiger partial charge is 0.194 e. The number of aromatic nitrogens is 1. The molecule has 0 aliphatic heterocycles. The van der Waals surface area contributed by atoms with Crippen molar-refractivity contribution in [2.45, 2.75) is 20.0 Å². The van der Waals surface area contributed by atoms with Crippen LogP contribution in [0, 0.1) is 6.92 Å². The van der Waals surface area contributed by atoms with Gasteiger partial charge in [-0.15, -0.1) is 11.3 Å². The van der Waals surface area contributed by atoms with Gasteiger partial charge in [-0.1, -0.05) is 18.2 Å². The number of guanidine groups is 1. The van der Waals surface area contributed by atoms with Crippen molar-refractivity contribution in [1.29, 1.82) is 0 Å². The van der Waals surface area contributed by atoms with Crippen LogP contribution < -0.4 is 10.1 Å². The molecule has 0 fully saturated rings. The molecule has 0 saturated heterocycles. The van der Waals surface area contributed by atoms with Gasteiger partial charge in [0.25, 0.3) is 0 Å². The number of aliphatic imine (C=N–C) groups is 1. The number of rotatable bonds is 5. The lowest BCUT2D eigenvalue weighted by Crippen LogP contribution is -2.38. The quantitative estimate of drug-likeness (QED) is 0.549. The van der Waals surface area contributed by atoms with Crippen LogP contribution in [-0.2, 0) is 13.1 Å². The summed E-state index contributed by atoms with van der Waals surface area (Å²) in [5.41, 5.74) is 2.28. The molecular weight excluding hydrogens is 344 g/mol. The van der Waals surface area contributed by atoms with E-state index in [1.54, 1.807) is 25.5 Å². The number of fused-ring (bicyclic) bond motifs is 1. The molecule has 0 bridgehead atoms. The van der Waals surface area contributed by atoms with Gasteiger partial charge in [0.05, 0.1) is 24.4 Å². The number of hydrogen-bond donors (Lipinski definition) is 1. The van der Waals surface area contributed by atoms with Crippen LogP contribution in [0.5, 0.6) is 5.75 Å². The Balaban J connectivity index is 1.65. The Labute approximate surface area is 158 Å². The lowest BCUT2D eigenvalue weighted by atomic mass is 10.1. The van der Waals surface area contributed by atoms with Crippen LogP contribution in [0.15, 0.2) is 46.8 Å². The van der Waals surface area contributed by atoms with E-state index >= 15 is 0 Å². The van der Waals surface area contributed by atoms with Crippen LogP contribution in [0.25, 0.3) is 10.8 Å². The van der Waals surface area contributed by atoms with Gasteiger partial charge in [-0.2, -0.15) is 0 Å². The summed E-state index contributed by atoms with van der Waals surface area (Å²) < 4.78 is 5.28. The summed E-state index contributed by atoms with van der Waals surface area (Å²) in [6.07, 6.45) is 0. The summed E-state index contributed by atoms with van der Waals surface area (Å²) in [6.45, 7) is 3.48. The van der Waals surface area contributed by atoms with Crippen LogP contribution in [0.2, 0.25) is 0 Å². The van der Waals surface area contributed by atoms with Gasteiger partial charge < -0.3 is 15.0 Å². The molecule has 3 rings (SSSR count). The van der Waals surface area contributed by atoms with Crippen molar-refractivity contribution in [3.63, 3.8) is 0 Å². The molecule has 1 heterocycles. The Morgan fingerprint density at radius 1 is 1.23 bits per heavy atom. The first-order valence-corrected chi connectivity index (χ1v) is 9.36. The number of benzene rings is 2. The van der Waals surface area contributed by atoms with Crippen molar-refractivity contribution in [2.24, 2.45) is 4.99 Å². The van der Waals surface area contributed by atoms with Crippen LogP contribution in [0.3, 0.4) is 0 Å². The number of aryl methyl sites for hydroxylation is 1. The average Bonchev–Trinajstić information content (AvgIpc) is 3.06. The molecule has 3 aromatic rings. The van der Waals surface area contributed by atoms with Crippen molar-refractivity contribution < 1.29 is 4.74 Å². The molecule has 0 amide bonds. The highest BCUT2D eigenvalue weighted by atomic mass is 32.1. The Morgan fingerprint density at radius 3 is 2.69 bits per heavy atom. The standard InChI is InChI=1S/C20H24N4OS/c1-14-23-18(13-26-14)12-24(3)20(21-2)22-11-15-5-6-17-10-19(25-4)8-7-16(17)9-15/h5-10,13H,11-12H2,1-4H3,(H,21,22). The maximum atomic E-state index is 5.28. The van der Waals surface area contributed by atoms with E-state index in [4.69, 9.17) is 4.74 Å². The van der Waals surface area contributed by atoms with Crippen molar-refractivity contribution in [2.75, 3.05) is 21.2 Å². The maximum absolute atomic E-state index is 5.28. The molecule has 5 nitrogen and oxygen atoms in total. The van der Waals surface area contributed by atoms with Gasteiger partial charge in [-0.25, -0.2) is 4.98 Å². The largest absolute Gasteiger partial charge is 0.497 e. The van der Waals surface area contributed by atoms with Gasteiger partial charge in [-0.05, 0) is 41.5 Å². The first-order chi connectivity index (χ1) is 12.6. The van der Waals surface area contributed by atoms with E-state index in [0.717, 1.165) is 35.5 Å². The summed E-state index contributed by atoms with van der Waals surface area (Å²) in [5, 5.41) is 8.98. The minimum Gasteiger partial charge on any atom is -0.497 e. The van der Waals surface area contributed by atoms with Gasteiger partial charge in [-0.3, -0.25) is 4.99 Å². The minimum absolute atomic E-state index is 0.717. The Hall–Kier alpha value is -2.60. The molecule has 0 saturated carbocycles. The van der Waals surface area contributed by atoms with Crippen LogP contribution >= 0.6 is 11.3 Å². The average molecular weight is 369 g/mol. The lowest BCUT2D eigenvalue weighted by Gasteiger charge is -2.21. The van der Waals surface area contributed by atoms with E-state index < -0.39 is 0 Å². The van der Waals surface area contributed by atoms with Crippen molar-refractivity contribution in [3.8, 4) is 5.75 Å². The second-order valence-electron chi connectivity index (χ2n) is 6.16. The number of ether oxygens (including phenoxy) is 1. The van der Waals surface area contributed by atoms with Crippen LogP contribution in [0.1, 0.15) is 16.3 Å². The topological polar surface area (TPSA) is 49.8 Å². The fraction of sp³-hybridized carbons (Fsp3) is 0.300. The van der Waals surface area contributed by atoms with Crippen LogP contribution in [0.4, 0.5) is 0 Å². The van der Waals surface area contributed by atoms with Crippen molar-refractivity contribution in [3.05, 3.63) is 58.0 Å². The summed E-state index contributed by atoms with van der Waals surface area (Å²) in [7, 11) is 5.52. The molecule has 136 valence electrons. The zero-order valence-corrected chi connectivity index (χ0v) is 16.4. The molecule has 0 aliphatic carbocycles. The third kappa shape index (κ3) is 4.32. The SMILES string of the molecule is CN=C(NCc1ccc2cc(OC)ccc2c1)N(C)Cc1csc(C)n1. The maximum Gasteiger partial charge on any atom is 0.194 e. The van der Waals surface area contributed by atoms with Gasteiger partial charge in [0, 0.05) is 26.0 Å². The third-order valence-corrected chi connectivity index (χ3v) is 5.02. The summed E-state index contributed by atoms with van der Waals surface area (Å²) in [6, 6.07) is 12.6. The molecule has 6 heteroatoms. The molecule has 0 aliphatic rings. The predicted molar refractivity (Wildman–Crippen MR) is 109 cm³/mol. The van der Waals surface area contributed by atoms with E-state index in [2.05, 4.69) is 55.9 Å². The van der Waals surface area contributed by atoms with E-state index in [1.807, 2.05) is 20.0 Å². The zero-order valence-electron chi connectivity index (χ0n) is 15.6. The first-order valence-electron chi connectivity index (χ1n) is 8.48. The van der Waals surface area contributed by atoms with Gasteiger partial charge >= 0.3 is 0 Å². The van der Waals surface area contributed by atoms with E-state index in [0.29, 0.717) is 0 Å². The monoisotopic (exact) mass is 368 g/mol. The summed E-state index contributed by atoms with van der Waals surface area (Å²) in [5.74, 6) is 1.73. The highest BCUT2D eigenvalue weighted by molar-refractivity contribution is 7.09. The second-order valence-corrected chi connectivity index (χ2v) is 7.22. The van der Waals surface area contributed by atoms with E-state index in [9.17, 15) is 0 Å².